The van der Waals surface area contributed by atoms with Gasteiger partial charge in [-0.3, -0.25) is 0 Å². The van der Waals surface area contributed by atoms with E-state index in [2.05, 4.69) is 48.9 Å². The highest BCUT2D eigenvalue weighted by atomic mass is 16.5. The summed E-state index contributed by atoms with van der Waals surface area (Å²) in [6, 6.07) is 12.5. The molecule has 2 atom stereocenters. The Balaban J connectivity index is 2.09. The molecular weight excluding hydrogens is 312 g/mol. The summed E-state index contributed by atoms with van der Waals surface area (Å²) in [5.74, 6) is 1.50. The lowest BCUT2D eigenvalue weighted by Crippen LogP contribution is -3.12. The minimum atomic E-state index is -0.226. The van der Waals surface area contributed by atoms with Crippen molar-refractivity contribution in [3.05, 3.63) is 53.9 Å². The molecule has 0 saturated heterocycles. The Labute approximate surface area is 152 Å². The molecule has 1 aromatic carbocycles. The fraction of sp³-hybridized carbons (Fsp3) is 0.524. The van der Waals surface area contributed by atoms with E-state index in [1.54, 1.807) is 7.11 Å². The fourth-order valence-electron chi connectivity index (χ4n) is 3.27. The Kier molecular flexibility index (Phi) is 7.53. The molecule has 1 heterocycles. The van der Waals surface area contributed by atoms with Gasteiger partial charge in [0, 0.05) is 18.7 Å². The standard InChI is InChI=1S/C21H32N2O2/c1-5-20(24)16-22(13-17(2)3)15-19-9-7-11-23(19)14-18-8-6-10-21(12-18)25-4/h6-12,17,20,24H,5,13-16H2,1-4H3/p+1/t20-/m1/s1. The number of nitrogens with zero attached hydrogens (tertiary/aromatic N) is 1. The fourth-order valence-corrected chi connectivity index (χ4v) is 3.27. The number of methoxy groups -OCH3 is 1. The van der Waals surface area contributed by atoms with Gasteiger partial charge in [0.25, 0.3) is 0 Å². The van der Waals surface area contributed by atoms with Gasteiger partial charge in [-0.05, 0) is 36.2 Å². The first kappa shape index (κ1) is 19.5. The number of ether oxygens (including phenoxy) is 1. The van der Waals surface area contributed by atoms with E-state index in [1.165, 1.54) is 16.2 Å². The highest BCUT2D eigenvalue weighted by molar-refractivity contribution is 5.29. The lowest BCUT2D eigenvalue weighted by molar-refractivity contribution is -0.920. The van der Waals surface area contributed by atoms with Crippen molar-refractivity contribution in [3.63, 3.8) is 0 Å². The summed E-state index contributed by atoms with van der Waals surface area (Å²) in [4.78, 5) is 1.44. The average molecular weight is 346 g/mol. The molecule has 25 heavy (non-hydrogen) atoms. The maximum Gasteiger partial charge on any atom is 0.119 e. The molecule has 4 nitrogen and oxygen atoms in total. The van der Waals surface area contributed by atoms with Crippen molar-refractivity contribution in [2.75, 3.05) is 20.2 Å². The van der Waals surface area contributed by atoms with Crippen molar-refractivity contribution in [1.82, 2.24) is 4.57 Å². The van der Waals surface area contributed by atoms with Gasteiger partial charge in [0.1, 0.15) is 24.9 Å². The maximum atomic E-state index is 10.1. The predicted molar refractivity (Wildman–Crippen MR) is 102 cm³/mol. The van der Waals surface area contributed by atoms with Gasteiger partial charge in [0.05, 0.1) is 19.3 Å². The van der Waals surface area contributed by atoms with Crippen molar-refractivity contribution in [1.29, 1.82) is 0 Å². The normalized spacial score (nSPS) is 13.8. The van der Waals surface area contributed by atoms with Crippen molar-refractivity contribution < 1.29 is 14.7 Å². The zero-order valence-electron chi connectivity index (χ0n) is 16.0. The molecule has 2 aromatic rings. The average Bonchev–Trinajstić information content (AvgIpc) is 3.01. The molecule has 0 aliphatic heterocycles. The Bertz CT molecular complexity index is 636. The zero-order chi connectivity index (χ0) is 18.2. The SMILES string of the molecule is CC[C@@H](O)C[NH+](Cc1cccn1Cc1cccc(OC)c1)CC(C)C. The van der Waals surface area contributed by atoms with Crippen LogP contribution in [0.15, 0.2) is 42.6 Å². The topological polar surface area (TPSA) is 38.8 Å². The lowest BCUT2D eigenvalue weighted by Gasteiger charge is -2.24. The number of benzene rings is 1. The van der Waals surface area contributed by atoms with Gasteiger partial charge in [-0.2, -0.15) is 0 Å². The maximum absolute atomic E-state index is 10.1. The van der Waals surface area contributed by atoms with E-state index in [0.29, 0.717) is 5.92 Å². The van der Waals surface area contributed by atoms with Crippen LogP contribution in [0, 0.1) is 5.92 Å². The smallest absolute Gasteiger partial charge is 0.119 e. The molecule has 0 radical (unpaired) electrons. The number of rotatable bonds is 10. The molecule has 4 heteroatoms. The highest BCUT2D eigenvalue weighted by Gasteiger charge is 2.17. The predicted octanol–water partition coefficient (Wildman–Crippen LogP) is 2.36. The van der Waals surface area contributed by atoms with Crippen LogP contribution in [-0.4, -0.2) is 36.0 Å². The van der Waals surface area contributed by atoms with E-state index in [-0.39, 0.29) is 6.10 Å². The summed E-state index contributed by atoms with van der Waals surface area (Å²) >= 11 is 0. The first-order valence-electron chi connectivity index (χ1n) is 9.30. The third-order valence-electron chi connectivity index (χ3n) is 4.53. The van der Waals surface area contributed by atoms with Gasteiger partial charge in [-0.15, -0.1) is 0 Å². The van der Waals surface area contributed by atoms with Crippen LogP contribution in [0.5, 0.6) is 5.75 Å². The van der Waals surface area contributed by atoms with E-state index in [1.807, 2.05) is 19.1 Å². The van der Waals surface area contributed by atoms with E-state index < -0.39 is 0 Å². The van der Waals surface area contributed by atoms with Crippen molar-refractivity contribution in [2.45, 2.75) is 46.4 Å². The van der Waals surface area contributed by atoms with E-state index in [9.17, 15) is 5.11 Å². The summed E-state index contributed by atoms with van der Waals surface area (Å²) in [5.41, 5.74) is 2.54. The van der Waals surface area contributed by atoms with Crippen molar-refractivity contribution >= 4 is 0 Å². The number of aromatic nitrogens is 1. The molecule has 2 N–H and O–H groups in total. The van der Waals surface area contributed by atoms with Crippen LogP contribution in [0.25, 0.3) is 0 Å². The largest absolute Gasteiger partial charge is 0.497 e. The molecule has 0 amide bonds. The summed E-state index contributed by atoms with van der Waals surface area (Å²) in [7, 11) is 1.70. The molecule has 0 saturated carbocycles. The minimum absolute atomic E-state index is 0.226. The minimum Gasteiger partial charge on any atom is -0.497 e. The number of quaternary nitrogens is 1. The second kappa shape index (κ2) is 9.64. The van der Waals surface area contributed by atoms with Gasteiger partial charge in [0.2, 0.25) is 0 Å². The summed E-state index contributed by atoms with van der Waals surface area (Å²) in [5, 5.41) is 10.1. The molecule has 138 valence electrons. The molecular formula is C21H33N2O2+. The van der Waals surface area contributed by atoms with Crippen LogP contribution in [0.2, 0.25) is 0 Å². The second-order valence-electron chi connectivity index (χ2n) is 7.27. The molecule has 0 bridgehead atoms. The zero-order valence-corrected chi connectivity index (χ0v) is 16.0. The Hall–Kier alpha value is -1.78. The summed E-state index contributed by atoms with van der Waals surface area (Å²) in [6.45, 7) is 10.2. The van der Waals surface area contributed by atoms with Crippen LogP contribution in [-0.2, 0) is 13.1 Å². The first-order chi connectivity index (χ1) is 12.0. The molecule has 0 aliphatic carbocycles. The number of hydrogen-bond acceptors (Lipinski definition) is 2. The summed E-state index contributed by atoms with van der Waals surface area (Å²) < 4.78 is 7.63. The molecule has 0 aliphatic rings. The van der Waals surface area contributed by atoms with E-state index in [4.69, 9.17) is 4.74 Å². The number of nitrogens with one attached hydrogen (secondary N) is 1. The lowest BCUT2D eigenvalue weighted by atomic mass is 10.1. The Morgan fingerprint density at radius 2 is 1.96 bits per heavy atom. The van der Waals surface area contributed by atoms with Gasteiger partial charge >= 0.3 is 0 Å². The number of aliphatic hydroxyl groups excluding tert-OH is 1. The molecule has 0 spiro atoms. The third-order valence-corrected chi connectivity index (χ3v) is 4.53. The van der Waals surface area contributed by atoms with Gasteiger partial charge in [-0.1, -0.05) is 32.9 Å². The number of hydrogen-bond donors (Lipinski definition) is 2. The molecule has 2 rings (SSSR count). The van der Waals surface area contributed by atoms with Crippen molar-refractivity contribution in [3.8, 4) is 5.75 Å². The van der Waals surface area contributed by atoms with Gasteiger partial charge in [-0.25, -0.2) is 0 Å². The quantitative estimate of drug-likeness (QED) is 0.694. The summed E-state index contributed by atoms with van der Waals surface area (Å²) in [6.07, 6.45) is 2.72. The Morgan fingerprint density at radius 1 is 1.16 bits per heavy atom. The third kappa shape index (κ3) is 6.22. The van der Waals surface area contributed by atoms with Gasteiger partial charge < -0.3 is 19.3 Å². The molecule has 0 fully saturated rings. The van der Waals surface area contributed by atoms with Gasteiger partial charge in [0.15, 0.2) is 0 Å². The molecule has 1 aromatic heterocycles. The number of aliphatic hydroxyl groups is 1. The van der Waals surface area contributed by atoms with E-state index >= 15 is 0 Å². The van der Waals surface area contributed by atoms with Crippen LogP contribution in [0.4, 0.5) is 0 Å². The molecule has 1 unspecified atom stereocenters. The van der Waals surface area contributed by atoms with Crippen LogP contribution < -0.4 is 9.64 Å². The van der Waals surface area contributed by atoms with E-state index in [0.717, 1.165) is 38.3 Å². The van der Waals surface area contributed by atoms with Crippen LogP contribution >= 0.6 is 0 Å². The van der Waals surface area contributed by atoms with Crippen molar-refractivity contribution in [2.24, 2.45) is 5.92 Å². The second-order valence-corrected chi connectivity index (χ2v) is 7.27. The first-order valence-corrected chi connectivity index (χ1v) is 9.30. The van der Waals surface area contributed by atoms with Crippen LogP contribution in [0.1, 0.15) is 38.4 Å². The monoisotopic (exact) mass is 345 g/mol. The Morgan fingerprint density at radius 3 is 2.64 bits per heavy atom. The van der Waals surface area contributed by atoms with Crippen LogP contribution in [0.3, 0.4) is 0 Å². The highest BCUT2D eigenvalue weighted by Crippen LogP contribution is 2.14.